The monoisotopic (exact) mass is 202 g/mol. The zero-order valence-corrected chi connectivity index (χ0v) is 9.08. The Balaban J connectivity index is 2.36. The first-order chi connectivity index (χ1) is 5.64. The van der Waals surface area contributed by atoms with E-state index in [1.807, 2.05) is 6.20 Å². The van der Waals surface area contributed by atoms with Crippen LogP contribution in [-0.4, -0.2) is 21.5 Å². The number of nitrogens with one attached hydrogen (secondary N) is 1. The third-order valence-corrected chi connectivity index (χ3v) is 3.78. The lowest BCUT2D eigenvalue weighted by Gasteiger charge is -2.20. The average Bonchev–Trinajstić information content (AvgIpc) is 2.53. The maximum atomic E-state index is 4.29. The molecule has 0 atom stereocenters. The number of nitrogens with zero attached hydrogens (tertiary/aromatic N) is 1. The lowest BCUT2D eigenvalue weighted by molar-refractivity contribution is 0.493. The van der Waals surface area contributed by atoms with Crippen LogP contribution in [0.4, 0.5) is 0 Å². The van der Waals surface area contributed by atoms with Crippen LogP contribution < -0.4 is 0 Å². The highest BCUT2D eigenvalue weighted by Gasteiger charge is 2.16. The molecule has 1 rings (SSSR count). The summed E-state index contributed by atoms with van der Waals surface area (Å²) in [6, 6.07) is 0. The Hall–Kier alpha value is -0.0900. The van der Waals surface area contributed by atoms with Gasteiger partial charge in [-0.1, -0.05) is 25.6 Å². The van der Waals surface area contributed by atoms with E-state index in [4.69, 9.17) is 0 Å². The lowest BCUT2D eigenvalue weighted by atomic mass is 10.0. The lowest BCUT2D eigenvalue weighted by Crippen LogP contribution is -2.16. The van der Waals surface area contributed by atoms with Crippen molar-refractivity contribution in [2.45, 2.75) is 19.0 Å². The first-order valence-electron chi connectivity index (χ1n) is 3.87. The summed E-state index contributed by atoms with van der Waals surface area (Å²) in [7, 11) is 0. The van der Waals surface area contributed by atoms with Crippen LogP contribution in [0.5, 0.6) is 0 Å². The van der Waals surface area contributed by atoms with Crippen LogP contribution in [0, 0.1) is 5.41 Å². The molecular formula is C8H14N2S2. The highest BCUT2D eigenvalue weighted by molar-refractivity contribution is 7.99. The zero-order chi connectivity index (χ0) is 9.03. The molecule has 0 fully saturated rings. The molecule has 0 aromatic carbocycles. The van der Waals surface area contributed by atoms with Gasteiger partial charge in [-0.25, -0.2) is 4.98 Å². The van der Waals surface area contributed by atoms with Crippen molar-refractivity contribution in [1.82, 2.24) is 9.97 Å². The van der Waals surface area contributed by atoms with E-state index in [1.165, 1.54) is 0 Å². The van der Waals surface area contributed by atoms with Crippen molar-refractivity contribution >= 4 is 24.4 Å². The number of aromatic nitrogens is 2. The molecule has 1 aromatic heterocycles. The fraction of sp³-hybridized carbons (Fsp3) is 0.625. The minimum absolute atomic E-state index is 0.278. The normalized spacial score (nSPS) is 11.9. The number of hydrogen-bond donors (Lipinski definition) is 2. The third kappa shape index (κ3) is 3.11. The predicted molar refractivity (Wildman–Crippen MR) is 56.9 cm³/mol. The highest BCUT2D eigenvalue weighted by atomic mass is 32.2. The van der Waals surface area contributed by atoms with Crippen LogP contribution >= 0.6 is 24.4 Å². The Morgan fingerprint density at radius 1 is 1.67 bits per heavy atom. The van der Waals surface area contributed by atoms with Gasteiger partial charge in [0.05, 0.1) is 0 Å². The van der Waals surface area contributed by atoms with Crippen LogP contribution in [-0.2, 0) is 0 Å². The zero-order valence-electron chi connectivity index (χ0n) is 7.37. The van der Waals surface area contributed by atoms with Crippen molar-refractivity contribution in [2.24, 2.45) is 5.41 Å². The van der Waals surface area contributed by atoms with Crippen molar-refractivity contribution < 1.29 is 0 Å². The third-order valence-electron chi connectivity index (χ3n) is 1.50. The van der Waals surface area contributed by atoms with Crippen LogP contribution in [0.25, 0.3) is 0 Å². The molecule has 0 unspecified atom stereocenters. The van der Waals surface area contributed by atoms with E-state index in [9.17, 15) is 0 Å². The Bertz CT molecular complexity index is 219. The van der Waals surface area contributed by atoms with Gasteiger partial charge in [-0.2, -0.15) is 12.6 Å². The minimum Gasteiger partial charge on any atom is -0.340 e. The SMILES string of the molecule is CC(C)(CS)CSc1ncc[nH]1. The van der Waals surface area contributed by atoms with E-state index >= 15 is 0 Å². The van der Waals surface area contributed by atoms with Gasteiger partial charge in [0.1, 0.15) is 0 Å². The standard InChI is InChI=1S/C8H14N2S2/c1-8(2,5-11)6-12-7-9-3-4-10-7/h3-4,11H,5-6H2,1-2H3,(H,9,10). The number of H-pyrrole nitrogens is 1. The number of aromatic amines is 1. The van der Waals surface area contributed by atoms with Crippen LogP contribution in [0.15, 0.2) is 17.6 Å². The number of imidazole rings is 1. The molecule has 1 aromatic rings. The van der Waals surface area contributed by atoms with Gasteiger partial charge in [0.15, 0.2) is 5.16 Å². The summed E-state index contributed by atoms with van der Waals surface area (Å²) in [4.78, 5) is 7.20. The van der Waals surface area contributed by atoms with Gasteiger partial charge in [0, 0.05) is 18.1 Å². The molecule has 4 heteroatoms. The van der Waals surface area contributed by atoms with E-state index in [1.54, 1.807) is 18.0 Å². The fourth-order valence-electron chi connectivity index (χ4n) is 0.639. The predicted octanol–water partition coefficient (Wildman–Crippen LogP) is 2.46. The number of thioether (sulfide) groups is 1. The van der Waals surface area contributed by atoms with Crippen molar-refractivity contribution in [3.63, 3.8) is 0 Å². The molecule has 1 N–H and O–H groups in total. The van der Waals surface area contributed by atoms with Gasteiger partial charge >= 0.3 is 0 Å². The summed E-state index contributed by atoms with van der Waals surface area (Å²) >= 11 is 6.03. The van der Waals surface area contributed by atoms with Gasteiger partial charge in [-0.05, 0) is 11.2 Å². The van der Waals surface area contributed by atoms with E-state index in [2.05, 4.69) is 36.4 Å². The van der Waals surface area contributed by atoms with Crippen molar-refractivity contribution in [1.29, 1.82) is 0 Å². The molecule has 0 aliphatic carbocycles. The van der Waals surface area contributed by atoms with E-state index in [0.29, 0.717) is 0 Å². The van der Waals surface area contributed by atoms with Crippen LogP contribution in [0.3, 0.4) is 0 Å². The smallest absolute Gasteiger partial charge is 0.165 e. The average molecular weight is 202 g/mol. The second kappa shape index (κ2) is 4.23. The van der Waals surface area contributed by atoms with Crippen molar-refractivity contribution in [3.8, 4) is 0 Å². The maximum Gasteiger partial charge on any atom is 0.165 e. The Morgan fingerprint density at radius 2 is 2.42 bits per heavy atom. The first-order valence-corrected chi connectivity index (χ1v) is 5.49. The molecule has 0 aliphatic heterocycles. The molecule has 0 amide bonds. The van der Waals surface area contributed by atoms with E-state index in [0.717, 1.165) is 16.7 Å². The fourth-order valence-corrected chi connectivity index (χ4v) is 1.82. The van der Waals surface area contributed by atoms with E-state index in [-0.39, 0.29) is 5.41 Å². The molecule has 0 saturated carbocycles. The topological polar surface area (TPSA) is 28.7 Å². The van der Waals surface area contributed by atoms with Gasteiger partial charge in [0.2, 0.25) is 0 Å². The second-order valence-electron chi connectivity index (χ2n) is 3.51. The highest BCUT2D eigenvalue weighted by Crippen LogP contribution is 2.26. The summed E-state index contributed by atoms with van der Waals surface area (Å²) in [5.41, 5.74) is 0.278. The largest absolute Gasteiger partial charge is 0.340 e. The molecule has 2 nitrogen and oxygen atoms in total. The summed E-state index contributed by atoms with van der Waals surface area (Å²) in [6.07, 6.45) is 3.62. The van der Waals surface area contributed by atoms with E-state index < -0.39 is 0 Å². The molecule has 0 spiro atoms. The van der Waals surface area contributed by atoms with Gasteiger partial charge < -0.3 is 4.98 Å². The molecule has 0 saturated heterocycles. The molecule has 1 heterocycles. The van der Waals surface area contributed by atoms with Crippen LogP contribution in [0.2, 0.25) is 0 Å². The molecule has 0 radical (unpaired) electrons. The van der Waals surface area contributed by atoms with Gasteiger partial charge in [-0.3, -0.25) is 0 Å². The number of rotatable bonds is 4. The van der Waals surface area contributed by atoms with Crippen molar-refractivity contribution in [3.05, 3.63) is 12.4 Å². The number of hydrogen-bond acceptors (Lipinski definition) is 3. The van der Waals surface area contributed by atoms with Gasteiger partial charge in [-0.15, -0.1) is 0 Å². The summed E-state index contributed by atoms with van der Waals surface area (Å²) in [6.45, 7) is 4.41. The summed E-state index contributed by atoms with van der Waals surface area (Å²) in [5, 5.41) is 0.991. The van der Waals surface area contributed by atoms with Crippen molar-refractivity contribution in [2.75, 3.05) is 11.5 Å². The quantitative estimate of drug-likeness (QED) is 0.580. The Morgan fingerprint density at radius 3 is 2.92 bits per heavy atom. The van der Waals surface area contributed by atoms with Crippen LogP contribution in [0.1, 0.15) is 13.8 Å². The second-order valence-corrected chi connectivity index (χ2v) is 4.79. The number of thiol groups is 1. The molecule has 68 valence electrons. The van der Waals surface area contributed by atoms with Gasteiger partial charge in [0.25, 0.3) is 0 Å². The molecule has 0 bridgehead atoms. The molecule has 12 heavy (non-hydrogen) atoms. The first kappa shape index (κ1) is 9.99. The minimum atomic E-state index is 0.278. The Labute approximate surface area is 83.0 Å². The maximum absolute atomic E-state index is 4.29. The molecule has 0 aliphatic rings. The Kier molecular flexibility index (Phi) is 3.53. The summed E-state index contributed by atoms with van der Waals surface area (Å²) < 4.78 is 0. The summed E-state index contributed by atoms with van der Waals surface area (Å²) in [5.74, 6) is 1.95. The molecular weight excluding hydrogens is 188 g/mol.